The van der Waals surface area contributed by atoms with Crippen LogP contribution in [-0.4, -0.2) is 35.4 Å². The first-order valence-corrected chi connectivity index (χ1v) is 6.64. The molecular weight excluding hydrogens is 307 g/mol. The van der Waals surface area contributed by atoms with Crippen LogP contribution in [0.5, 0.6) is 0 Å². The van der Waals surface area contributed by atoms with Gasteiger partial charge in [0, 0.05) is 12.1 Å². The van der Waals surface area contributed by atoms with Crippen LogP contribution in [0.3, 0.4) is 0 Å². The summed E-state index contributed by atoms with van der Waals surface area (Å²) in [5.74, 6) is -1.30. The summed E-state index contributed by atoms with van der Waals surface area (Å²) in [6.07, 6.45) is 1.15. The summed E-state index contributed by atoms with van der Waals surface area (Å²) in [6, 6.07) is 4.02. The second kappa shape index (κ2) is 5.87. The molecule has 1 aromatic carbocycles. The van der Waals surface area contributed by atoms with Crippen LogP contribution in [0.25, 0.3) is 11.5 Å². The first-order valence-electron chi connectivity index (χ1n) is 6.64. The number of rotatable bonds is 4. The van der Waals surface area contributed by atoms with Crippen LogP contribution in [0.2, 0.25) is 0 Å². The van der Waals surface area contributed by atoms with E-state index in [4.69, 9.17) is 4.42 Å². The van der Waals surface area contributed by atoms with Gasteiger partial charge in [-0.15, -0.1) is 0 Å². The predicted molar refractivity (Wildman–Crippen MR) is 74.7 cm³/mol. The zero-order chi connectivity index (χ0) is 16.4. The second-order valence-corrected chi connectivity index (χ2v) is 4.77. The van der Waals surface area contributed by atoms with Crippen molar-refractivity contribution < 1.29 is 23.2 Å². The summed E-state index contributed by atoms with van der Waals surface area (Å²) in [5, 5.41) is 6.88. The fraction of sp³-hybridized carbons (Fsp3) is 0.143. The molecular formula is C14H11FN4O4. The molecule has 0 radical (unpaired) electrons. The maximum Gasteiger partial charge on any atom is 0.322 e. The molecule has 0 aliphatic carbocycles. The van der Waals surface area contributed by atoms with Crippen LogP contribution in [-0.2, 0) is 4.79 Å². The molecule has 3 N–H and O–H groups in total. The van der Waals surface area contributed by atoms with E-state index in [0.717, 1.165) is 6.26 Å². The van der Waals surface area contributed by atoms with Gasteiger partial charge in [0.05, 0.1) is 0 Å². The highest BCUT2D eigenvalue weighted by atomic mass is 19.1. The number of hydrogen-bond acceptors (Lipinski definition) is 5. The molecule has 1 aromatic heterocycles. The van der Waals surface area contributed by atoms with Crippen molar-refractivity contribution in [1.82, 2.24) is 20.9 Å². The van der Waals surface area contributed by atoms with Crippen molar-refractivity contribution in [1.29, 1.82) is 0 Å². The summed E-state index contributed by atoms with van der Waals surface area (Å²) < 4.78 is 18.0. The molecule has 0 spiro atoms. The Hall–Kier alpha value is -3.23. The Balaban J connectivity index is 1.63. The van der Waals surface area contributed by atoms with Crippen LogP contribution >= 0.6 is 0 Å². The third kappa shape index (κ3) is 3.18. The minimum Gasteiger partial charge on any atom is -0.444 e. The van der Waals surface area contributed by atoms with Gasteiger partial charge in [-0.1, -0.05) is 0 Å². The molecule has 118 valence electrons. The third-order valence-electron chi connectivity index (χ3n) is 3.15. The highest BCUT2D eigenvalue weighted by Gasteiger charge is 2.29. The van der Waals surface area contributed by atoms with Crippen molar-refractivity contribution >= 4 is 17.8 Å². The maximum atomic E-state index is 12.9. The fourth-order valence-corrected chi connectivity index (χ4v) is 1.99. The van der Waals surface area contributed by atoms with E-state index in [0.29, 0.717) is 5.56 Å². The highest BCUT2D eigenvalue weighted by molar-refractivity contribution is 6.04. The van der Waals surface area contributed by atoms with Gasteiger partial charge in [0.25, 0.3) is 11.8 Å². The SMILES string of the molecule is O=C1NC(=O)C(CNC(=O)c2coc(-c3ccc(F)cc3)n2)N1. The molecule has 1 atom stereocenters. The third-order valence-corrected chi connectivity index (χ3v) is 3.15. The molecule has 4 amide bonds. The molecule has 2 aromatic rings. The van der Waals surface area contributed by atoms with E-state index in [2.05, 4.69) is 20.9 Å². The van der Waals surface area contributed by atoms with Gasteiger partial charge in [0.15, 0.2) is 5.69 Å². The van der Waals surface area contributed by atoms with E-state index in [-0.39, 0.29) is 18.1 Å². The van der Waals surface area contributed by atoms with Crippen LogP contribution in [0.15, 0.2) is 34.9 Å². The molecule has 1 saturated heterocycles. The largest absolute Gasteiger partial charge is 0.444 e. The number of nitrogens with one attached hydrogen (secondary N) is 3. The highest BCUT2D eigenvalue weighted by Crippen LogP contribution is 2.18. The van der Waals surface area contributed by atoms with Crippen LogP contribution < -0.4 is 16.0 Å². The number of aromatic nitrogens is 1. The summed E-state index contributed by atoms with van der Waals surface area (Å²) >= 11 is 0. The zero-order valence-corrected chi connectivity index (χ0v) is 11.6. The molecule has 2 heterocycles. The number of carbonyl (C=O) groups excluding carboxylic acids is 3. The van der Waals surface area contributed by atoms with Crippen molar-refractivity contribution in [2.24, 2.45) is 0 Å². The number of amides is 4. The standard InChI is InChI=1S/C14H11FN4O4/c15-8-3-1-7(2-4-8)13-17-10(6-23-13)11(20)16-5-9-12(21)19-14(22)18-9/h1-4,6,9H,5H2,(H,16,20)(H2,18,19,21,22). The summed E-state index contributed by atoms with van der Waals surface area (Å²) in [6.45, 7) is -0.0743. The van der Waals surface area contributed by atoms with Crippen LogP contribution in [0, 0.1) is 5.82 Å². The Morgan fingerprint density at radius 1 is 1.30 bits per heavy atom. The number of nitrogens with zero attached hydrogens (tertiary/aromatic N) is 1. The number of halogens is 1. The van der Waals surface area contributed by atoms with Crippen molar-refractivity contribution in [2.45, 2.75) is 6.04 Å². The zero-order valence-electron chi connectivity index (χ0n) is 11.6. The number of carbonyl (C=O) groups is 3. The molecule has 1 aliphatic heterocycles. The van der Waals surface area contributed by atoms with Gasteiger partial charge in [0.2, 0.25) is 5.89 Å². The molecule has 1 fully saturated rings. The Bertz CT molecular complexity index is 771. The molecule has 9 heteroatoms. The lowest BCUT2D eigenvalue weighted by molar-refractivity contribution is -0.120. The van der Waals surface area contributed by atoms with E-state index in [9.17, 15) is 18.8 Å². The van der Waals surface area contributed by atoms with Crippen molar-refractivity contribution in [3.63, 3.8) is 0 Å². The Labute approximate surface area is 129 Å². The molecule has 0 bridgehead atoms. The van der Waals surface area contributed by atoms with E-state index in [1.807, 2.05) is 0 Å². The summed E-state index contributed by atoms with van der Waals surface area (Å²) in [5.41, 5.74) is 0.530. The van der Waals surface area contributed by atoms with Gasteiger partial charge in [0.1, 0.15) is 18.1 Å². The van der Waals surface area contributed by atoms with Gasteiger partial charge in [-0.3, -0.25) is 14.9 Å². The Kier molecular flexibility index (Phi) is 3.75. The Morgan fingerprint density at radius 3 is 2.70 bits per heavy atom. The molecule has 0 saturated carbocycles. The van der Waals surface area contributed by atoms with E-state index in [1.54, 1.807) is 0 Å². The average Bonchev–Trinajstić information content (AvgIpc) is 3.12. The molecule has 8 nitrogen and oxygen atoms in total. The van der Waals surface area contributed by atoms with Gasteiger partial charge in [-0.25, -0.2) is 14.2 Å². The second-order valence-electron chi connectivity index (χ2n) is 4.77. The Morgan fingerprint density at radius 2 is 2.04 bits per heavy atom. The first kappa shape index (κ1) is 14.7. The minimum atomic E-state index is -0.824. The monoisotopic (exact) mass is 318 g/mol. The van der Waals surface area contributed by atoms with Crippen molar-refractivity contribution in [2.75, 3.05) is 6.54 Å². The maximum absolute atomic E-state index is 12.9. The van der Waals surface area contributed by atoms with Crippen LogP contribution in [0.4, 0.5) is 9.18 Å². The van der Waals surface area contributed by atoms with Crippen molar-refractivity contribution in [3.8, 4) is 11.5 Å². The molecule has 23 heavy (non-hydrogen) atoms. The average molecular weight is 318 g/mol. The fourth-order valence-electron chi connectivity index (χ4n) is 1.99. The van der Waals surface area contributed by atoms with E-state index in [1.165, 1.54) is 24.3 Å². The van der Waals surface area contributed by atoms with Crippen LogP contribution in [0.1, 0.15) is 10.5 Å². The summed E-state index contributed by atoms with van der Waals surface area (Å²) in [4.78, 5) is 38.2. The summed E-state index contributed by atoms with van der Waals surface area (Å²) in [7, 11) is 0. The predicted octanol–water partition coefficient (Wildman–Crippen LogP) is 0.418. The minimum absolute atomic E-state index is 0.00839. The van der Waals surface area contributed by atoms with Gasteiger partial charge in [-0.2, -0.15) is 0 Å². The smallest absolute Gasteiger partial charge is 0.322 e. The molecule has 1 aliphatic rings. The first-order chi connectivity index (χ1) is 11.0. The van der Waals surface area contributed by atoms with E-state index >= 15 is 0 Å². The van der Waals surface area contributed by atoms with Crippen molar-refractivity contribution in [3.05, 3.63) is 42.0 Å². The lowest BCUT2D eigenvalue weighted by Crippen LogP contribution is -2.41. The van der Waals surface area contributed by atoms with Gasteiger partial charge in [-0.05, 0) is 24.3 Å². The topological polar surface area (TPSA) is 113 Å². The van der Waals surface area contributed by atoms with E-state index < -0.39 is 29.7 Å². The lowest BCUT2D eigenvalue weighted by Gasteiger charge is -2.07. The number of benzene rings is 1. The van der Waals surface area contributed by atoms with Gasteiger partial charge < -0.3 is 15.1 Å². The quantitative estimate of drug-likeness (QED) is 0.707. The number of imide groups is 1. The molecule has 3 rings (SSSR count). The number of urea groups is 1. The lowest BCUT2D eigenvalue weighted by atomic mass is 10.2. The normalized spacial score (nSPS) is 16.8. The number of hydrogen-bond donors (Lipinski definition) is 3. The number of oxazole rings is 1. The van der Waals surface area contributed by atoms with Gasteiger partial charge >= 0.3 is 6.03 Å². The molecule has 1 unspecified atom stereocenters.